The molecule has 90 valence electrons. The standard InChI is InChI=1S/C8H6F5IN2/c9-6(10)5-4(8(11,12)13)1-3(2-15)7(14)16-5/h1,6H,2,15H2. The maximum absolute atomic E-state index is 12.4. The summed E-state index contributed by atoms with van der Waals surface area (Å²) >= 11 is 1.57. The molecule has 0 aliphatic rings. The largest absolute Gasteiger partial charge is 0.418 e. The number of pyridine rings is 1. The van der Waals surface area contributed by atoms with E-state index in [1.807, 2.05) is 0 Å². The number of hydrogen-bond donors (Lipinski definition) is 1. The molecule has 8 heteroatoms. The van der Waals surface area contributed by atoms with Gasteiger partial charge in [-0.3, -0.25) is 0 Å². The monoisotopic (exact) mass is 352 g/mol. The average molecular weight is 352 g/mol. The predicted octanol–water partition coefficient (Wildman–Crippen LogP) is 3.10. The maximum Gasteiger partial charge on any atom is 0.418 e. The van der Waals surface area contributed by atoms with Crippen molar-refractivity contribution in [3.8, 4) is 0 Å². The van der Waals surface area contributed by atoms with E-state index in [9.17, 15) is 22.0 Å². The first-order chi connectivity index (χ1) is 7.27. The van der Waals surface area contributed by atoms with Crippen LogP contribution in [0, 0.1) is 3.70 Å². The van der Waals surface area contributed by atoms with E-state index in [2.05, 4.69) is 4.98 Å². The number of halogens is 6. The van der Waals surface area contributed by atoms with Crippen molar-refractivity contribution in [3.05, 3.63) is 26.6 Å². The van der Waals surface area contributed by atoms with Gasteiger partial charge < -0.3 is 5.73 Å². The molecule has 0 fully saturated rings. The van der Waals surface area contributed by atoms with Crippen LogP contribution in [0.3, 0.4) is 0 Å². The molecule has 0 amide bonds. The van der Waals surface area contributed by atoms with E-state index in [0.717, 1.165) is 0 Å². The second-order valence-electron chi connectivity index (χ2n) is 2.87. The molecule has 0 bridgehead atoms. The lowest BCUT2D eigenvalue weighted by atomic mass is 10.1. The first-order valence-corrected chi connectivity index (χ1v) is 5.10. The zero-order valence-electron chi connectivity index (χ0n) is 7.65. The van der Waals surface area contributed by atoms with Crippen LogP contribution < -0.4 is 5.73 Å². The highest BCUT2D eigenvalue weighted by atomic mass is 127. The van der Waals surface area contributed by atoms with Crippen LogP contribution in [0.5, 0.6) is 0 Å². The summed E-state index contributed by atoms with van der Waals surface area (Å²) in [5.74, 6) is 0. The molecule has 1 rings (SSSR count). The summed E-state index contributed by atoms with van der Waals surface area (Å²) in [6.45, 7) is -0.183. The van der Waals surface area contributed by atoms with Gasteiger partial charge in [0, 0.05) is 6.54 Å². The third-order valence-corrected chi connectivity index (χ3v) is 2.74. The fraction of sp³-hybridized carbons (Fsp3) is 0.375. The number of rotatable bonds is 2. The Morgan fingerprint density at radius 3 is 2.31 bits per heavy atom. The van der Waals surface area contributed by atoms with Crippen LogP contribution in [0.1, 0.15) is 23.2 Å². The smallest absolute Gasteiger partial charge is 0.326 e. The molecule has 0 saturated carbocycles. The van der Waals surface area contributed by atoms with E-state index in [1.54, 1.807) is 22.6 Å². The highest BCUT2D eigenvalue weighted by Gasteiger charge is 2.37. The Hall–Kier alpha value is -0.510. The van der Waals surface area contributed by atoms with Gasteiger partial charge in [-0.15, -0.1) is 0 Å². The van der Waals surface area contributed by atoms with Crippen molar-refractivity contribution >= 4 is 22.6 Å². The van der Waals surface area contributed by atoms with Gasteiger partial charge in [0.2, 0.25) is 0 Å². The van der Waals surface area contributed by atoms with Crippen molar-refractivity contribution in [1.29, 1.82) is 0 Å². The molecular formula is C8H6F5IN2. The lowest BCUT2D eigenvalue weighted by molar-refractivity contribution is -0.140. The van der Waals surface area contributed by atoms with Gasteiger partial charge in [0.15, 0.2) is 0 Å². The Morgan fingerprint density at radius 2 is 1.94 bits per heavy atom. The summed E-state index contributed by atoms with van der Waals surface area (Å²) in [6, 6.07) is 0.621. The molecule has 0 aromatic carbocycles. The van der Waals surface area contributed by atoms with Gasteiger partial charge in [-0.1, -0.05) is 0 Å². The Labute approximate surface area is 101 Å². The second kappa shape index (κ2) is 4.78. The van der Waals surface area contributed by atoms with E-state index in [4.69, 9.17) is 5.73 Å². The number of aromatic nitrogens is 1. The molecule has 1 heterocycles. The van der Waals surface area contributed by atoms with Gasteiger partial charge >= 0.3 is 6.18 Å². The first-order valence-electron chi connectivity index (χ1n) is 4.02. The zero-order chi connectivity index (χ0) is 12.5. The molecule has 2 nitrogen and oxygen atoms in total. The molecule has 0 spiro atoms. The Bertz CT molecular complexity index is 391. The predicted molar refractivity (Wildman–Crippen MR) is 54.8 cm³/mol. The first kappa shape index (κ1) is 13.6. The molecule has 0 aliphatic heterocycles. The van der Waals surface area contributed by atoms with Gasteiger partial charge in [0.05, 0.1) is 5.56 Å². The molecule has 1 aromatic heterocycles. The average Bonchev–Trinajstić information content (AvgIpc) is 2.15. The van der Waals surface area contributed by atoms with E-state index in [0.29, 0.717) is 6.07 Å². The van der Waals surface area contributed by atoms with Crippen LogP contribution in [0.15, 0.2) is 6.07 Å². The van der Waals surface area contributed by atoms with E-state index >= 15 is 0 Å². The minimum atomic E-state index is -4.85. The number of nitrogens with two attached hydrogens (primary N) is 1. The number of hydrogen-bond acceptors (Lipinski definition) is 2. The Morgan fingerprint density at radius 1 is 1.38 bits per heavy atom. The summed E-state index contributed by atoms with van der Waals surface area (Å²) in [6.07, 6.45) is -8.12. The van der Waals surface area contributed by atoms with E-state index < -0.39 is 23.9 Å². The van der Waals surface area contributed by atoms with Gasteiger partial charge in [0.1, 0.15) is 9.39 Å². The lowest BCUT2D eigenvalue weighted by Gasteiger charge is -2.13. The summed E-state index contributed by atoms with van der Waals surface area (Å²) in [5.41, 5.74) is 2.60. The SMILES string of the molecule is NCc1cc(C(F)(F)F)c(C(F)F)nc1I. The minimum absolute atomic E-state index is 0.0587. The minimum Gasteiger partial charge on any atom is -0.326 e. The zero-order valence-corrected chi connectivity index (χ0v) is 9.81. The van der Waals surface area contributed by atoms with Gasteiger partial charge in [-0.2, -0.15) is 13.2 Å². The molecule has 0 aliphatic carbocycles. The molecule has 0 radical (unpaired) electrons. The molecule has 0 unspecified atom stereocenters. The molecule has 0 saturated heterocycles. The topological polar surface area (TPSA) is 38.9 Å². The van der Waals surface area contributed by atoms with Crippen molar-refractivity contribution in [2.75, 3.05) is 0 Å². The van der Waals surface area contributed by atoms with Crippen molar-refractivity contribution in [2.45, 2.75) is 19.1 Å². The highest BCUT2D eigenvalue weighted by molar-refractivity contribution is 14.1. The van der Waals surface area contributed by atoms with Crippen LogP contribution in [0.2, 0.25) is 0 Å². The van der Waals surface area contributed by atoms with Crippen LogP contribution in [-0.4, -0.2) is 4.98 Å². The third-order valence-electron chi connectivity index (χ3n) is 1.81. The van der Waals surface area contributed by atoms with Gasteiger partial charge in [-0.25, -0.2) is 13.8 Å². The summed E-state index contributed by atoms with van der Waals surface area (Å²) in [4.78, 5) is 3.25. The molecular weight excluding hydrogens is 346 g/mol. The highest BCUT2D eigenvalue weighted by Crippen LogP contribution is 2.36. The molecule has 0 atom stereocenters. The Balaban J connectivity index is 3.43. The summed E-state index contributed by atoms with van der Waals surface area (Å²) < 4.78 is 62.1. The van der Waals surface area contributed by atoms with E-state index in [1.165, 1.54) is 0 Å². The Kier molecular flexibility index (Phi) is 4.05. The van der Waals surface area contributed by atoms with Crippen LogP contribution in [0.25, 0.3) is 0 Å². The maximum atomic E-state index is 12.4. The second-order valence-corrected chi connectivity index (χ2v) is 3.90. The van der Waals surface area contributed by atoms with Crippen molar-refractivity contribution < 1.29 is 22.0 Å². The normalized spacial score (nSPS) is 12.2. The third kappa shape index (κ3) is 2.78. The molecule has 1 aromatic rings. The van der Waals surface area contributed by atoms with Gasteiger partial charge in [-0.05, 0) is 34.2 Å². The van der Waals surface area contributed by atoms with E-state index in [-0.39, 0.29) is 15.8 Å². The molecule has 16 heavy (non-hydrogen) atoms. The van der Waals surface area contributed by atoms with Crippen LogP contribution in [0.4, 0.5) is 22.0 Å². The summed E-state index contributed by atoms with van der Waals surface area (Å²) in [5, 5.41) is 0. The quantitative estimate of drug-likeness (QED) is 0.505. The van der Waals surface area contributed by atoms with Gasteiger partial charge in [0.25, 0.3) is 6.43 Å². The van der Waals surface area contributed by atoms with Crippen molar-refractivity contribution in [2.24, 2.45) is 5.73 Å². The van der Waals surface area contributed by atoms with Crippen LogP contribution >= 0.6 is 22.6 Å². The number of alkyl halides is 5. The lowest BCUT2D eigenvalue weighted by Crippen LogP contribution is -2.15. The molecule has 2 N–H and O–H groups in total. The summed E-state index contributed by atoms with van der Waals surface area (Å²) in [7, 11) is 0. The number of nitrogens with zero attached hydrogens (tertiary/aromatic N) is 1. The fourth-order valence-electron chi connectivity index (χ4n) is 1.08. The van der Waals surface area contributed by atoms with Crippen molar-refractivity contribution in [1.82, 2.24) is 4.98 Å². The van der Waals surface area contributed by atoms with Crippen molar-refractivity contribution in [3.63, 3.8) is 0 Å². The van der Waals surface area contributed by atoms with Crippen LogP contribution in [-0.2, 0) is 12.7 Å². The fourth-order valence-corrected chi connectivity index (χ4v) is 1.72.